The minimum absolute atomic E-state index is 0.767. The molecule has 1 aromatic carbocycles. The van der Waals surface area contributed by atoms with Crippen molar-refractivity contribution in [1.82, 2.24) is 10.2 Å². The molecule has 0 saturated carbocycles. The highest BCUT2D eigenvalue weighted by Gasteiger charge is 2.06. The first-order chi connectivity index (χ1) is 9.56. The Morgan fingerprint density at radius 3 is 2.70 bits per heavy atom. The summed E-state index contributed by atoms with van der Waals surface area (Å²) < 4.78 is 7.00. The largest absolute Gasteiger partial charge is 0.460 e. The Balaban J connectivity index is 1.96. The van der Waals surface area contributed by atoms with E-state index in [-0.39, 0.29) is 0 Å². The third-order valence-electron chi connectivity index (χ3n) is 3.14. The van der Waals surface area contributed by atoms with E-state index in [1.54, 1.807) is 0 Å². The van der Waals surface area contributed by atoms with Crippen LogP contribution in [0.15, 0.2) is 39.2 Å². The van der Waals surface area contributed by atoms with Gasteiger partial charge in [-0.25, -0.2) is 0 Å². The summed E-state index contributed by atoms with van der Waals surface area (Å²) in [5.74, 6) is 1.89. The summed E-state index contributed by atoms with van der Waals surface area (Å²) in [7, 11) is 4.14. The summed E-state index contributed by atoms with van der Waals surface area (Å²) in [4.78, 5) is 2.16. The van der Waals surface area contributed by atoms with E-state index >= 15 is 0 Å². The van der Waals surface area contributed by atoms with E-state index in [4.69, 9.17) is 4.42 Å². The lowest BCUT2D eigenvalue weighted by Gasteiger charge is -2.09. The van der Waals surface area contributed by atoms with Crippen LogP contribution < -0.4 is 5.32 Å². The lowest BCUT2D eigenvalue weighted by molar-refractivity contribution is 0.392. The van der Waals surface area contributed by atoms with Gasteiger partial charge in [-0.2, -0.15) is 0 Å². The molecule has 0 radical (unpaired) electrons. The summed E-state index contributed by atoms with van der Waals surface area (Å²) in [5, 5.41) is 3.38. The molecule has 2 rings (SSSR count). The van der Waals surface area contributed by atoms with E-state index in [1.807, 2.05) is 12.1 Å². The molecular weight excluding hydrogens is 316 g/mol. The van der Waals surface area contributed by atoms with Crippen molar-refractivity contribution in [3.8, 4) is 11.3 Å². The van der Waals surface area contributed by atoms with Gasteiger partial charge in [0.15, 0.2) is 0 Å². The summed E-state index contributed by atoms with van der Waals surface area (Å²) in [5.41, 5.74) is 2.33. The van der Waals surface area contributed by atoms with Gasteiger partial charge in [-0.15, -0.1) is 0 Å². The maximum absolute atomic E-state index is 5.88. The molecular formula is C16H21BrN2O. The monoisotopic (exact) mass is 336 g/mol. The maximum Gasteiger partial charge on any atom is 0.134 e. The standard InChI is InChI=1S/C16H21BrN2O/c1-12-10-13(4-6-15(12)17)16-7-5-14(20-16)11-18-8-9-19(2)3/h4-7,10,18H,8-9,11H2,1-3H3. The lowest BCUT2D eigenvalue weighted by Crippen LogP contribution is -2.25. The molecule has 20 heavy (non-hydrogen) atoms. The molecule has 108 valence electrons. The third kappa shape index (κ3) is 4.20. The van der Waals surface area contributed by atoms with Gasteiger partial charge in [-0.3, -0.25) is 0 Å². The van der Waals surface area contributed by atoms with Crippen molar-refractivity contribution in [2.75, 3.05) is 27.2 Å². The quantitative estimate of drug-likeness (QED) is 0.816. The Kier molecular flexibility index (Phi) is 5.40. The molecule has 1 aromatic heterocycles. The topological polar surface area (TPSA) is 28.4 Å². The van der Waals surface area contributed by atoms with Gasteiger partial charge in [0.2, 0.25) is 0 Å². The number of likely N-dealkylation sites (N-methyl/N-ethyl adjacent to an activating group) is 1. The molecule has 0 unspecified atom stereocenters. The number of halogens is 1. The molecule has 4 heteroatoms. The fraction of sp³-hybridized carbons (Fsp3) is 0.375. The van der Waals surface area contributed by atoms with Crippen molar-refractivity contribution in [2.24, 2.45) is 0 Å². The molecule has 0 aliphatic heterocycles. The SMILES string of the molecule is Cc1cc(-c2ccc(CNCCN(C)C)o2)ccc1Br. The fourth-order valence-corrected chi connectivity index (χ4v) is 2.19. The zero-order chi connectivity index (χ0) is 14.5. The van der Waals surface area contributed by atoms with Gasteiger partial charge in [0, 0.05) is 23.1 Å². The van der Waals surface area contributed by atoms with E-state index in [0.717, 1.165) is 41.2 Å². The number of nitrogens with one attached hydrogen (secondary N) is 1. The number of aryl methyl sites for hydroxylation is 1. The van der Waals surface area contributed by atoms with Gasteiger partial charge < -0.3 is 14.6 Å². The fourth-order valence-electron chi connectivity index (χ4n) is 1.94. The highest BCUT2D eigenvalue weighted by atomic mass is 79.9. The number of hydrogen-bond donors (Lipinski definition) is 1. The van der Waals surface area contributed by atoms with Gasteiger partial charge >= 0.3 is 0 Å². The second-order valence-electron chi connectivity index (χ2n) is 5.21. The van der Waals surface area contributed by atoms with Crippen LogP contribution in [-0.2, 0) is 6.54 Å². The molecule has 2 aromatic rings. The first-order valence-electron chi connectivity index (χ1n) is 6.77. The number of hydrogen-bond acceptors (Lipinski definition) is 3. The van der Waals surface area contributed by atoms with Crippen molar-refractivity contribution in [1.29, 1.82) is 0 Å². The number of benzene rings is 1. The van der Waals surface area contributed by atoms with Crippen LogP contribution in [0.1, 0.15) is 11.3 Å². The van der Waals surface area contributed by atoms with E-state index in [0.29, 0.717) is 0 Å². The minimum Gasteiger partial charge on any atom is -0.460 e. The molecule has 1 heterocycles. The molecule has 0 aliphatic carbocycles. The van der Waals surface area contributed by atoms with Crippen molar-refractivity contribution >= 4 is 15.9 Å². The third-order valence-corrected chi connectivity index (χ3v) is 4.03. The van der Waals surface area contributed by atoms with Crippen molar-refractivity contribution in [3.05, 3.63) is 46.1 Å². The molecule has 0 atom stereocenters. The van der Waals surface area contributed by atoms with Gasteiger partial charge in [0.05, 0.1) is 6.54 Å². The van der Waals surface area contributed by atoms with Crippen molar-refractivity contribution in [3.63, 3.8) is 0 Å². The molecule has 0 bridgehead atoms. The number of nitrogens with zero attached hydrogens (tertiary/aromatic N) is 1. The van der Waals surface area contributed by atoms with Crippen LogP contribution in [-0.4, -0.2) is 32.1 Å². The van der Waals surface area contributed by atoms with Crippen LogP contribution in [0.3, 0.4) is 0 Å². The van der Waals surface area contributed by atoms with E-state index in [1.165, 1.54) is 5.56 Å². The first kappa shape index (κ1) is 15.3. The molecule has 0 aliphatic rings. The molecule has 1 N–H and O–H groups in total. The van der Waals surface area contributed by atoms with Crippen LogP contribution in [0.2, 0.25) is 0 Å². The molecule has 0 spiro atoms. The van der Waals surface area contributed by atoms with Crippen molar-refractivity contribution < 1.29 is 4.42 Å². The second-order valence-corrected chi connectivity index (χ2v) is 6.06. The predicted octanol–water partition coefficient (Wildman–Crippen LogP) is 3.67. The Morgan fingerprint density at radius 1 is 1.20 bits per heavy atom. The normalized spacial score (nSPS) is 11.2. The van der Waals surface area contributed by atoms with E-state index in [2.05, 4.69) is 65.4 Å². The van der Waals surface area contributed by atoms with Crippen LogP contribution >= 0.6 is 15.9 Å². The zero-order valence-corrected chi connectivity index (χ0v) is 13.8. The Morgan fingerprint density at radius 2 is 2.00 bits per heavy atom. The number of rotatable bonds is 6. The van der Waals surface area contributed by atoms with Crippen LogP contribution in [0.25, 0.3) is 11.3 Å². The van der Waals surface area contributed by atoms with Crippen LogP contribution in [0.5, 0.6) is 0 Å². The summed E-state index contributed by atoms with van der Waals surface area (Å²) in [6, 6.07) is 10.3. The number of furan rings is 1. The average molecular weight is 337 g/mol. The first-order valence-corrected chi connectivity index (χ1v) is 7.56. The summed E-state index contributed by atoms with van der Waals surface area (Å²) in [6.45, 7) is 4.84. The highest BCUT2D eigenvalue weighted by Crippen LogP contribution is 2.26. The summed E-state index contributed by atoms with van der Waals surface area (Å²) >= 11 is 3.52. The highest BCUT2D eigenvalue weighted by molar-refractivity contribution is 9.10. The molecule has 0 fully saturated rings. The smallest absolute Gasteiger partial charge is 0.134 e. The second kappa shape index (κ2) is 7.07. The van der Waals surface area contributed by atoms with Crippen molar-refractivity contribution in [2.45, 2.75) is 13.5 Å². The predicted molar refractivity (Wildman–Crippen MR) is 86.8 cm³/mol. The maximum atomic E-state index is 5.88. The minimum atomic E-state index is 0.767. The van der Waals surface area contributed by atoms with Gasteiger partial charge in [0.1, 0.15) is 11.5 Å². The Bertz CT molecular complexity index is 563. The zero-order valence-electron chi connectivity index (χ0n) is 12.2. The van der Waals surface area contributed by atoms with Gasteiger partial charge in [-0.05, 0) is 50.8 Å². The van der Waals surface area contributed by atoms with Crippen LogP contribution in [0, 0.1) is 6.92 Å². The Labute approximate surface area is 129 Å². The average Bonchev–Trinajstić information content (AvgIpc) is 2.86. The van der Waals surface area contributed by atoms with Gasteiger partial charge in [0.25, 0.3) is 0 Å². The molecule has 3 nitrogen and oxygen atoms in total. The van der Waals surface area contributed by atoms with E-state index in [9.17, 15) is 0 Å². The van der Waals surface area contributed by atoms with Gasteiger partial charge in [-0.1, -0.05) is 22.0 Å². The van der Waals surface area contributed by atoms with E-state index < -0.39 is 0 Å². The molecule has 0 saturated heterocycles. The Hall–Kier alpha value is -1.10. The summed E-state index contributed by atoms with van der Waals surface area (Å²) in [6.07, 6.45) is 0. The molecule has 0 amide bonds. The van der Waals surface area contributed by atoms with Crippen LogP contribution in [0.4, 0.5) is 0 Å². The lowest BCUT2D eigenvalue weighted by atomic mass is 10.1.